The molecule has 6 heteroatoms. The van der Waals surface area contributed by atoms with E-state index in [1.807, 2.05) is 38.1 Å². The van der Waals surface area contributed by atoms with E-state index in [0.717, 1.165) is 30.6 Å². The van der Waals surface area contributed by atoms with Crippen LogP contribution in [0.1, 0.15) is 64.0 Å². The molecule has 152 valence electrons. The summed E-state index contributed by atoms with van der Waals surface area (Å²) in [6, 6.07) is 6.98. The Kier molecular flexibility index (Phi) is 7.06. The van der Waals surface area contributed by atoms with Crippen molar-refractivity contribution in [1.29, 1.82) is 0 Å². The van der Waals surface area contributed by atoms with Crippen LogP contribution in [0.15, 0.2) is 29.3 Å². The minimum Gasteiger partial charge on any atom is -0.465 e. The predicted molar refractivity (Wildman–Crippen MR) is 111 cm³/mol. The summed E-state index contributed by atoms with van der Waals surface area (Å²) in [7, 11) is 0. The maximum absolute atomic E-state index is 13.0. The van der Waals surface area contributed by atoms with Gasteiger partial charge in [-0.1, -0.05) is 38.3 Å². The molecular weight excluding hydrogens is 354 g/mol. The highest BCUT2D eigenvalue weighted by atomic mass is 16.5. The molecular formula is C22H31N3O3. The van der Waals surface area contributed by atoms with Crippen molar-refractivity contribution in [2.75, 3.05) is 18.5 Å². The highest BCUT2D eigenvalue weighted by molar-refractivity contribution is 6.09. The molecule has 0 radical (unpaired) electrons. The van der Waals surface area contributed by atoms with Crippen LogP contribution in [0.2, 0.25) is 0 Å². The fourth-order valence-corrected chi connectivity index (χ4v) is 4.14. The molecule has 2 N–H and O–H groups in total. The fourth-order valence-electron chi connectivity index (χ4n) is 4.14. The molecule has 2 atom stereocenters. The van der Waals surface area contributed by atoms with Gasteiger partial charge in [-0.3, -0.25) is 4.79 Å². The van der Waals surface area contributed by atoms with Crippen LogP contribution in [0.3, 0.4) is 0 Å². The van der Waals surface area contributed by atoms with Gasteiger partial charge >= 0.3 is 12.0 Å². The van der Waals surface area contributed by atoms with E-state index in [9.17, 15) is 9.59 Å². The number of anilines is 1. The molecule has 1 saturated carbocycles. The summed E-state index contributed by atoms with van der Waals surface area (Å²) in [6.07, 6.45) is 6.49. The number of rotatable bonds is 7. The standard InChI is InChI=1S/C22H31N3O3/c1-3-18-19(21(26)28-14-15-8-6-5-7-9-15)20(25-22(27)24-18)16-10-12-17(13-11-16)23-4-2/h10-13,15,19-20,23H,3-9,14H2,1-2H3,(H,25,27). The number of ether oxygens (including phenoxy) is 1. The summed E-state index contributed by atoms with van der Waals surface area (Å²) in [4.78, 5) is 29.2. The highest BCUT2D eigenvalue weighted by Crippen LogP contribution is 2.31. The number of amides is 2. The smallest absolute Gasteiger partial charge is 0.341 e. The number of carbonyl (C=O) groups is 2. The van der Waals surface area contributed by atoms with Crippen LogP contribution in [-0.4, -0.2) is 30.9 Å². The van der Waals surface area contributed by atoms with Crippen LogP contribution in [0, 0.1) is 11.8 Å². The maximum atomic E-state index is 13.0. The number of carbonyl (C=O) groups excluding carboxylic acids is 2. The first-order valence-electron chi connectivity index (χ1n) is 10.5. The van der Waals surface area contributed by atoms with Gasteiger partial charge in [0.05, 0.1) is 12.6 Å². The molecule has 1 heterocycles. The topological polar surface area (TPSA) is 79.8 Å². The van der Waals surface area contributed by atoms with Gasteiger partial charge in [0.2, 0.25) is 0 Å². The molecule has 0 saturated heterocycles. The molecule has 0 spiro atoms. The SMILES string of the molecule is CCNc1ccc(C2NC(=O)N=C(CC)C2C(=O)OCC2CCCCC2)cc1. The fraction of sp³-hybridized carbons (Fsp3) is 0.591. The van der Waals surface area contributed by atoms with Gasteiger partial charge in [0.1, 0.15) is 5.92 Å². The van der Waals surface area contributed by atoms with Crippen molar-refractivity contribution in [1.82, 2.24) is 5.32 Å². The quantitative estimate of drug-likeness (QED) is 0.679. The Bertz CT molecular complexity index is 708. The lowest BCUT2D eigenvalue weighted by Crippen LogP contribution is -2.45. The minimum absolute atomic E-state index is 0.285. The van der Waals surface area contributed by atoms with Crippen molar-refractivity contribution in [3.63, 3.8) is 0 Å². The van der Waals surface area contributed by atoms with Gasteiger partial charge in [-0.15, -0.1) is 0 Å². The van der Waals surface area contributed by atoms with Gasteiger partial charge < -0.3 is 15.4 Å². The maximum Gasteiger partial charge on any atom is 0.341 e. The first kappa shape index (κ1) is 20.4. The molecule has 1 aliphatic carbocycles. The second-order valence-corrected chi connectivity index (χ2v) is 7.65. The molecule has 1 aromatic rings. The van der Waals surface area contributed by atoms with Crippen molar-refractivity contribution in [3.05, 3.63) is 29.8 Å². The molecule has 2 aliphatic rings. The number of nitrogens with zero attached hydrogens (tertiary/aromatic N) is 1. The zero-order chi connectivity index (χ0) is 19.9. The first-order valence-corrected chi connectivity index (χ1v) is 10.5. The average molecular weight is 386 g/mol. The van der Waals surface area contributed by atoms with Gasteiger partial charge in [-0.25, -0.2) is 9.79 Å². The second kappa shape index (κ2) is 9.71. The van der Waals surface area contributed by atoms with Crippen LogP contribution >= 0.6 is 0 Å². The largest absolute Gasteiger partial charge is 0.465 e. The summed E-state index contributed by atoms with van der Waals surface area (Å²) in [5, 5.41) is 6.12. The van der Waals surface area contributed by atoms with E-state index in [0.29, 0.717) is 24.7 Å². The summed E-state index contributed by atoms with van der Waals surface area (Å²) < 4.78 is 5.72. The third-order valence-electron chi connectivity index (χ3n) is 5.67. The molecule has 3 rings (SSSR count). The molecule has 0 bridgehead atoms. The number of benzene rings is 1. The number of esters is 1. The molecule has 2 unspecified atom stereocenters. The summed E-state index contributed by atoms with van der Waals surface area (Å²) in [5.74, 6) is -0.404. The Balaban J connectivity index is 1.77. The first-order chi connectivity index (χ1) is 13.6. The zero-order valence-corrected chi connectivity index (χ0v) is 16.9. The van der Waals surface area contributed by atoms with E-state index >= 15 is 0 Å². The number of hydrogen-bond donors (Lipinski definition) is 2. The molecule has 28 heavy (non-hydrogen) atoms. The van der Waals surface area contributed by atoms with Gasteiger partial charge in [0.15, 0.2) is 0 Å². The Morgan fingerprint density at radius 3 is 2.54 bits per heavy atom. The van der Waals surface area contributed by atoms with Crippen molar-refractivity contribution in [2.45, 2.75) is 58.4 Å². The zero-order valence-electron chi connectivity index (χ0n) is 16.9. The van der Waals surface area contributed by atoms with Crippen LogP contribution < -0.4 is 10.6 Å². The van der Waals surface area contributed by atoms with Crippen LogP contribution in [-0.2, 0) is 9.53 Å². The van der Waals surface area contributed by atoms with Gasteiger partial charge in [0.25, 0.3) is 0 Å². The van der Waals surface area contributed by atoms with E-state index < -0.39 is 18.0 Å². The Morgan fingerprint density at radius 2 is 1.89 bits per heavy atom. The number of hydrogen-bond acceptors (Lipinski definition) is 4. The van der Waals surface area contributed by atoms with Crippen molar-refractivity contribution < 1.29 is 14.3 Å². The molecule has 1 aliphatic heterocycles. The monoisotopic (exact) mass is 385 g/mol. The van der Waals surface area contributed by atoms with Crippen molar-refractivity contribution in [3.8, 4) is 0 Å². The summed E-state index contributed by atoms with van der Waals surface area (Å²) in [5.41, 5.74) is 2.49. The van der Waals surface area contributed by atoms with E-state index in [1.54, 1.807) is 0 Å². The average Bonchev–Trinajstić information content (AvgIpc) is 2.73. The molecule has 0 aromatic heterocycles. The number of urea groups is 1. The summed E-state index contributed by atoms with van der Waals surface area (Å²) in [6.45, 7) is 5.26. The van der Waals surface area contributed by atoms with Gasteiger partial charge in [-0.05, 0) is 49.8 Å². The van der Waals surface area contributed by atoms with Crippen LogP contribution in [0.4, 0.5) is 10.5 Å². The molecule has 2 amide bonds. The lowest BCUT2D eigenvalue weighted by molar-refractivity contribution is -0.148. The second-order valence-electron chi connectivity index (χ2n) is 7.65. The van der Waals surface area contributed by atoms with E-state index in [2.05, 4.69) is 15.6 Å². The predicted octanol–water partition coefficient (Wildman–Crippen LogP) is 4.47. The normalized spacial score (nSPS) is 22.9. The van der Waals surface area contributed by atoms with E-state index in [4.69, 9.17) is 4.74 Å². The van der Waals surface area contributed by atoms with Crippen LogP contribution in [0.5, 0.6) is 0 Å². The Hall–Kier alpha value is -2.37. The third kappa shape index (κ3) is 4.91. The lowest BCUT2D eigenvalue weighted by Gasteiger charge is -2.31. The van der Waals surface area contributed by atoms with E-state index in [-0.39, 0.29) is 5.97 Å². The van der Waals surface area contributed by atoms with Gasteiger partial charge in [-0.2, -0.15) is 0 Å². The third-order valence-corrected chi connectivity index (χ3v) is 5.67. The molecule has 6 nitrogen and oxygen atoms in total. The Labute approximate surface area is 167 Å². The highest BCUT2D eigenvalue weighted by Gasteiger charge is 2.39. The lowest BCUT2D eigenvalue weighted by atomic mass is 9.86. The minimum atomic E-state index is -0.573. The molecule has 1 aromatic carbocycles. The van der Waals surface area contributed by atoms with Gasteiger partial charge in [0, 0.05) is 17.9 Å². The van der Waals surface area contributed by atoms with Crippen molar-refractivity contribution in [2.24, 2.45) is 16.8 Å². The van der Waals surface area contributed by atoms with Crippen LogP contribution in [0.25, 0.3) is 0 Å². The van der Waals surface area contributed by atoms with Crippen molar-refractivity contribution >= 4 is 23.4 Å². The number of nitrogens with one attached hydrogen (secondary N) is 2. The summed E-state index contributed by atoms with van der Waals surface area (Å²) >= 11 is 0. The molecule has 1 fully saturated rings. The Morgan fingerprint density at radius 1 is 1.18 bits per heavy atom. The number of aliphatic imine (C=N–C) groups is 1. The van der Waals surface area contributed by atoms with E-state index in [1.165, 1.54) is 19.3 Å².